The molecule has 1 heterocycles. The van der Waals surface area contributed by atoms with Crippen molar-refractivity contribution < 1.29 is 23.9 Å². The van der Waals surface area contributed by atoms with Crippen LogP contribution in [0.4, 0.5) is 0 Å². The predicted molar refractivity (Wildman–Crippen MR) is 99.9 cm³/mol. The van der Waals surface area contributed by atoms with Gasteiger partial charge in [-0.05, 0) is 31.1 Å². The molecule has 1 fully saturated rings. The monoisotopic (exact) mass is 375 g/mol. The summed E-state index contributed by atoms with van der Waals surface area (Å²) >= 11 is 0. The van der Waals surface area contributed by atoms with E-state index in [0.29, 0.717) is 30.0 Å². The number of ether oxygens (including phenoxy) is 2. The van der Waals surface area contributed by atoms with Gasteiger partial charge in [0, 0.05) is 30.7 Å². The fraction of sp³-hybridized carbons (Fsp3) is 0.421. The molecule has 2 N–H and O–H groups in total. The normalized spacial score (nSPS) is 14.6. The maximum atomic E-state index is 11.9. The molecule has 1 aromatic rings. The molecule has 0 radical (unpaired) electrons. The van der Waals surface area contributed by atoms with Crippen LogP contribution in [0.15, 0.2) is 24.3 Å². The van der Waals surface area contributed by atoms with Gasteiger partial charge in [0.2, 0.25) is 5.91 Å². The van der Waals surface area contributed by atoms with Crippen LogP contribution in [0.1, 0.15) is 31.2 Å². The Hall–Kier alpha value is -3.03. The number of hydrogen-bond donors (Lipinski definition) is 2. The van der Waals surface area contributed by atoms with Gasteiger partial charge in [-0.2, -0.15) is 0 Å². The smallest absolute Gasteiger partial charge is 0.262 e. The summed E-state index contributed by atoms with van der Waals surface area (Å²) in [5, 5.41) is 0. The molecule has 0 spiro atoms. The third-order valence-electron chi connectivity index (χ3n) is 4.19. The number of nitrogens with zero attached hydrogens (tertiary/aromatic N) is 1. The lowest BCUT2D eigenvalue weighted by Crippen LogP contribution is -2.47. The van der Waals surface area contributed by atoms with Gasteiger partial charge in [-0.1, -0.05) is 6.42 Å². The molecular weight excluding hydrogens is 350 g/mol. The fourth-order valence-electron chi connectivity index (χ4n) is 2.71. The van der Waals surface area contributed by atoms with E-state index < -0.39 is 11.8 Å². The summed E-state index contributed by atoms with van der Waals surface area (Å²) in [7, 11) is 3.08. The Labute approximate surface area is 158 Å². The number of methoxy groups -OCH3 is 2. The molecule has 0 aromatic heterocycles. The third-order valence-corrected chi connectivity index (χ3v) is 4.19. The Morgan fingerprint density at radius 2 is 1.96 bits per heavy atom. The summed E-state index contributed by atoms with van der Waals surface area (Å²) in [6.45, 7) is 0.506. The summed E-state index contributed by atoms with van der Waals surface area (Å²) < 4.78 is 10.4. The van der Waals surface area contributed by atoms with Crippen molar-refractivity contribution in [3.8, 4) is 11.5 Å². The molecule has 0 bridgehead atoms. The molecule has 8 nitrogen and oxygen atoms in total. The number of carbonyl (C=O) groups excluding carboxylic acids is 3. The Morgan fingerprint density at radius 3 is 2.70 bits per heavy atom. The first-order valence-corrected chi connectivity index (χ1v) is 8.80. The van der Waals surface area contributed by atoms with Gasteiger partial charge >= 0.3 is 0 Å². The summed E-state index contributed by atoms with van der Waals surface area (Å²) in [4.78, 5) is 37.2. The van der Waals surface area contributed by atoms with E-state index in [9.17, 15) is 14.4 Å². The van der Waals surface area contributed by atoms with Crippen LogP contribution in [-0.2, 0) is 14.4 Å². The molecule has 1 aliphatic rings. The van der Waals surface area contributed by atoms with E-state index in [1.165, 1.54) is 18.1 Å². The number of carbonyl (C=O) groups is 3. The van der Waals surface area contributed by atoms with E-state index in [1.54, 1.807) is 31.4 Å². The van der Waals surface area contributed by atoms with Gasteiger partial charge < -0.3 is 14.4 Å². The Balaban J connectivity index is 1.84. The summed E-state index contributed by atoms with van der Waals surface area (Å²) in [6.07, 6.45) is 6.04. The molecule has 1 saturated heterocycles. The van der Waals surface area contributed by atoms with Crippen LogP contribution in [0.5, 0.6) is 11.5 Å². The zero-order valence-electron chi connectivity index (χ0n) is 15.6. The van der Waals surface area contributed by atoms with E-state index in [1.807, 2.05) is 0 Å². The highest BCUT2D eigenvalue weighted by atomic mass is 16.5. The summed E-state index contributed by atoms with van der Waals surface area (Å²) in [6, 6.07) is 5.21. The van der Waals surface area contributed by atoms with Crippen molar-refractivity contribution in [2.75, 3.05) is 27.3 Å². The lowest BCUT2D eigenvalue weighted by atomic mass is 10.1. The molecule has 146 valence electrons. The zero-order chi connectivity index (χ0) is 19.6. The quantitative estimate of drug-likeness (QED) is 0.576. The lowest BCUT2D eigenvalue weighted by molar-refractivity contribution is -0.136. The van der Waals surface area contributed by atoms with Crippen LogP contribution in [0, 0.1) is 0 Å². The average molecular weight is 375 g/mol. The number of rotatable bonds is 6. The van der Waals surface area contributed by atoms with Gasteiger partial charge in [-0.3, -0.25) is 25.2 Å². The zero-order valence-corrected chi connectivity index (χ0v) is 15.6. The highest BCUT2D eigenvalue weighted by Crippen LogP contribution is 2.25. The molecule has 0 unspecified atom stereocenters. The molecule has 0 aliphatic carbocycles. The maximum absolute atomic E-state index is 11.9. The van der Waals surface area contributed by atoms with E-state index in [0.717, 1.165) is 19.3 Å². The van der Waals surface area contributed by atoms with Crippen LogP contribution >= 0.6 is 0 Å². The Bertz CT molecular complexity index is 717. The molecule has 0 atom stereocenters. The molecule has 3 amide bonds. The van der Waals surface area contributed by atoms with Crippen molar-refractivity contribution >= 4 is 23.8 Å². The second kappa shape index (κ2) is 10.2. The number of hydrazine groups is 1. The van der Waals surface area contributed by atoms with Crippen LogP contribution in [-0.4, -0.2) is 49.9 Å². The Morgan fingerprint density at radius 1 is 1.15 bits per heavy atom. The fourth-order valence-corrected chi connectivity index (χ4v) is 2.71. The average Bonchev–Trinajstić information content (AvgIpc) is 2.88. The first-order valence-electron chi connectivity index (χ1n) is 8.80. The van der Waals surface area contributed by atoms with Crippen molar-refractivity contribution in [2.24, 2.45) is 0 Å². The van der Waals surface area contributed by atoms with Gasteiger partial charge in [-0.25, -0.2) is 0 Å². The van der Waals surface area contributed by atoms with Crippen LogP contribution < -0.4 is 20.3 Å². The summed E-state index contributed by atoms with van der Waals surface area (Å²) in [5.74, 6) is 0.240. The molecule has 0 saturated carbocycles. The van der Waals surface area contributed by atoms with Gasteiger partial charge in [0.25, 0.3) is 11.8 Å². The van der Waals surface area contributed by atoms with Crippen LogP contribution in [0.3, 0.4) is 0 Å². The van der Waals surface area contributed by atoms with Crippen molar-refractivity contribution in [2.45, 2.75) is 25.7 Å². The summed E-state index contributed by atoms with van der Waals surface area (Å²) in [5.41, 5.74) is 5.31. The lowest BCUT2D eigenvalue weighted by Gasteiger charge is -2.19. The highest BCUT2D eigenvalue weighted by molar-refractivity contribution is 5.94. The standard InChI is InChI=1S/C19H25N3O5/c1-26-15-9-7-14(16(12-15)27-2)8-10-17(23)20-21-18(24)13-22-11-5-3-4-6-19(22)25/h7-10,12H,3-6,11,13H2,1-2H3,(H,20,23)(H,21,24)/b10-8+. The minimum absolute atomic E-state index is 0.0273. The number of amides is 3. The van der Waals surface area contributed by atoms with Crippen molar-refractivity contribution in [3.63, 3.8) is 0 Å². The highest BCUT2D eigenvalue weighted by Gasteiger charge is 2.19. The van der Waals surface area contributed by atoms with Gasteiger partial charge in [0.1, 0.15) is 18.0 Å². The third kappa shape index (κ3) is 6.32. The largest absolute Gasteiger partial charge is 0.497 e. The molecule has 8 heteroatoms. The molecule has 2 rings (SSSR count). The first-order chi connectivity index (χ1) is 13.0. The minimum Gasteiger partial charge on any atom is -0.497 e. The minimum atomic E-state index is -0.497. The van der Waals surface area contributed by atoms with Gasteiger partial charge in [0.05, 0.1) is 14.2 Å². The van der Waals surface area contributed by atoms with E-state index in [2.05, 4.69) is 10.9 Å². The number of nitrogens with one attached hydrogen (secondary N) is 2. The second-order valence-corrected chi connectivity index (χ2v) is 6.10. The van der Waals surface area contributed by atoms with Crippen LogP contribution in [0.2, 0.25) is 0 Å². The van der Waals surface area contributed by atoms with Gasteiger partial charge in [0.15, 0.2) is 0 Å². The van der Waals surface area contributed by atoms with E-state index in [4.69, 9.17) is 9.47 Å². The second-order valence-electron chi connectivity index (χ2n) is 6.10. The molecule has 1 aromatic carbocycles. The Kier molecular flexibility index (Phi) is 7.66. The predicted octanol–water partition coefficient (Wildman–Crippen LogP) is 1.27. The number of likely N-dealkylation sites (tertiary alicyclic amines) is 1. The number of hydrogen-bond acceptors (Lipinski definition) is 5. The SMILES string of the molecule is COc1ccc(/C=C/C(=O)NNC(=O)CN2CCCCCC2=O)c(OC)c1. The van der Waals surface area contributed by atoms with Crippen LogP contribution in [0.25, 0.3) is 6.08 Å². The number of benzene rings is 1. The maximum Gasteiger partial charge on any atom is 0.262 e. The van der Waals surface area contributed by atoms with Gasteiger partial charge in [-0.15, -0.1) is 0 Å². The topological polar surface area (TPSA) is 97.0 Å². The van der Waals surface area contributed by atoms with Crippen molar-refractivity contribution in [1.82, 2.24) is 15.8 Å². The molecular formula is C19H25N3O5. The molecule has 1 aliphatic heterocycles. The van der Waals surface area contributed by atoms with Crippen molar-refractivity contribution in [1.29, 1.82) is 0 Å². The van der Waals surface area contributed by atoms with Crippen molar-refractivity contribution in [3.05, 3.63) is 29.8 Å². The van der Waals surface area contributed by atoms with E-state index >= 15 is 0 Å². The van der Waals surface area contributed by atoms with E-state index in [-0.39, 0.29) is 12.5 Å². The first kappa shape index (κ1) is 20.3. The molecule has 27 heavy (non-hydrogen) atoms.